The molecule has 24 heavy (non-hydrogen) atoms. The third-order valence-electron chi connectivity index (χ3n) is 3.75. The Labute approximate surface area is 136 Å². The Balaban J connectivity index is 1.86. The topological polar surface area (TPSA) is 43.1 Å². The number of halogens is 2. The second-order valence-electron chi connectivity index (χ2n) is 5.30. The standard InChI is InChI=1S/C18H12F2N4/c19-18(20)16-9-15(23-17-6-7-22-24(16)17)14-8-13(10-21-11-14)12-4-2-1-3-5-12/h1-11,18H. The summed E-state index contributed by atoms with van der Waals surface area (Å²) in [7, 11) is 0. The first-order chi connectivity index (χ1) is 11.7. The molecule has 0 unspecified atom stereocenters. The lowest BCUT2D eigenvalue weighted by Gasteiger charge is -2.08. The first kappa shape index (κ1) is 14.4. The van der Waals surface area contributed by atoms with Gasteiger partial charge >= 0.3 is 0 Å². The van der Waals surface area contributed by atoms with Gasteiger partial charge in [-0.15, -0.1) is 0 Å². The van der Waals surface area contributed by atoms with Gasteiger partial charge in [0.05, 0.1) is 11.9 Å². The van der Waals surface area contributed by atoms with Crippen LogP contribution in [-0.4, -0.2) is 19.6 Å². The monoisotopic (exact) mass is 322 g/mol. The zero-order valence-corrected chi connectivity index (χ0v) is 12.5. The second-order valence-corrected chi connectivity index (χ2v) is 5.30. The number of hydrogen-bond acceptors (Lipinski definition) is 3. The van der Waals surface area contributed by atoms with E-state index in [9.17, 15) is 8.78 Å². The van der Waals surface area contributed by atoms with Crippen molar-refractivity contribution in [3.8, 4) is 22.4 Å². The van der Waals surface area contributed by atoms with E-state index >= 15 is 0 Å². The van der Waals surface area contributed by atoms with Crippen LogP contribution in [0.3, 0.4) is 0 Å². The van der Waals surface area contributed by atoms with E-state index in [0.717, 1.165) is 15.6 Å². The number of rotatable bonds is 3. The molecular weight excluding hydrogens is 310 g/mol. The maximum absolute atomic E-state index is 13.3. The molecule has 0 amide bonds. The predicted octanol–water partition coefficient (Wildman–Crippen LogP) is 4.40. The molecule has 0 N–H and O–H groups in total. The van der Waals surface area contributed by atoms with Crippen LogP contribution in [0.4, 0.5) is 8.78 Å². The molecular formula is C18H12F2N4. The fourth-order valence-electron chi connectivity index (χ4n) is 2.61. The Morgan fingerprint density at radius 2 is 1.67 bits per heavy atom. The SMILES string of the molecule is FC(F)c1cc(-c2cncc(-c3ccccc3)c2)nc2ccnn12. The maximum atomic E-state index is 13.3. The molecule has 4 aromatic rings. The quantitative estimate of drug-likeness (QED) is 0.561. The Morgan fingerprint density at radius 3 is 2.46 bits per heavy atom. The van der Waals surface area contributed by atoms with Crippen LogP contribution in [-0.2, 0) is 0 Å². The Morgan fingerprint density at radius 1 is 0.875 bits per heavy atom. The Hall–Kier alpha value is -3.15. The van der Waals surface area contributed by atoms with Crippen LogP contribution < -0.4 is 0 Å². The lowest BCUT2D eigenvalue weighted by atomic mass is 10.0. The van der Waals surface area contributed by atoms with Crippen molar-refractivity contribution in [1.29, 1.82) is 0 Å². The van der Waals surface area contributed by atoms with Gasteiger partial charge < -0.3 is 0 Å². The molecule has 0 aliphatic carbocycles. The number of benzene rings is 1. The van der Waals surface area contributed by atoms with Gasteiger partial charge in [0.1, 0.15) is 5.69 Å². The fraction of sp³-hybridized carbons (Fsp3) is 0.0556. The van der Waals surface area contributed by atoms with Gasteiger partial charge in [-0.25, -0.2) is 18.3 Å². The van der Waals surface area contributed by atoms with Crippen LogP contribution in [0.1, 0.15) is 12.1 Å². The van der Waals surface area contributed by atoms with E-state index in [4.69, 9.17) is 0 Å². The molecule has 0 radical (unpaired) electrons. The number of aromatic nitrogens is 4. The number of nitrogens with zero attached hydrogens (tertiary/aromatic N) is 4. The van der Waals surface area contributed by atoms with E-state index in [2.05, 4.69) is 15.1 Å². The van der Waals surface area contributed by atoms with E-state index in [1.165, 1.54) is 12.3 Å². The second kappa shape index (κ2) is 5.81. The molecule has 6 heteroatoms. The molecule has 1 aromatic carbocycles. The summed E-state index contributed by atoms with van der Waals surface area (Å²) in [5.74, 6) is 0. The lowest BCUT2D eigenvalue weighted by molar-refractivity contribution is 0.143. The van der Waals surface area contributed by atoms with Crippen molar-refractivity contribution in [2.75, 3.05) is 0 Å². The van der Waals surface area contributed by atoms with Crippen molar-refractivity contribution in [3.63, 3.8) is 0 Å². The van der Waals surface area contributed by atoms with Crippen LogP contribution in [0.15, 0.2) is 67.1 Å². The van der Waals surface area contributed by atoms with Gasteiger partial charge in [0, 0.05) is 29.6 Å². The minimum atomic E-state index is -2.64. The summed E-state index contributed by atoms with van der Waals surface area (Å²) in [6.07, 6.45) is 2.18. The Bertz CT molecular complexity index is 996. The van der Waals surface area contributed by atoms with Crippen LogP contribution in [0.5, 0.6) is 0 Å². The fourth-order valence-corrected chi connectivity index (χ4v) is 2.61. The van der Waals surface area contributed by atoms with Crippen molar-refractivity contribution in [2.24, 2.45) is 0 Å². The Kier molecular flexibility index (Phi) is 3.49. The smallest absolute Gasteiger partial charge is 0.263 e. The van der Waals surface area contributed by atoms with E-state index in [-0.39, 0.29) is 5.69 Å². The minimum Gasteiger partial charge on any atom is -0.263 e. The summed E-state index contributed by atoms with van der Waals surface area (Å²) in [6, 6.07) is 14.6. The van der Waals surface area contributed by atoms with E-state index < -0.39 is 6.43 Å². The molecule has 3 heterocycles. The average molecular weight is 322 g/mol. The highest BCUT2D eigenvalue weighted by atomic mass is 19.3. The molecule has 4 nitrogen and oxygen atoms in total. The largest absolute Gasteiger partial charge is 0.280 e. The maximum Gasteiger partial charge on any atom is 0.280 e. The van der Waals surface area contributed by atoms with Crippen molar-refractivity contribution in [1.82, 2.24) is 19.6 Å². The molecule has 0 spiro atoms. The normalized spacial score (nSPS) is 11.3. The molecule has 0 saturated carbocycles. The predicted molar refractivity (Wildman–Crippen MR) is 86.6 cm³/mol. The van der Waals surface area contributed by atoms with E-state index in [1.54, 1.807) is 18.5 Å². The number of hydrogen-bond donors (Lipinski definition) is 0. The molecule has 0 aliphatic heterocycles. The van der Waals surface area contributed by atoms with Crippen LogP contribution >= 0.6 is 0 Å². The van der Waals surface area contributed by atoms with Gasteiger partial charge in [-0.1, -0.05) is 30.3 Å². The molecule has 118 valence electrons. The van der Waals surface area contributed by atoms with Gasteiger partial charge in [-0.3, -0.25) is 4.98 Å². The van der Waals surface area contributed by atoms with Crippen LogP contribution in [0, 0.1) is 0 Å². The highest BCUT2D eigenvalue weighted by Crippen LogP contribution is 2.27. The third kappa shape index (κ3) is 2.52. The van der Waals surface area contributed by atoms with E-state index in [1.807, 2.05) is 36.4 Å². The zero-order chi connectivity index (χ0) is 16.5. The third-order valence-corrected chi connectivity index (χ3v) is 3.75. The number of pyridine rings is 1. The summed E-state index contributed by atoms with van der Waals surface area (Å²) in [5, 5.41) is 3.90. The van der Waals surface area contributed by atoms with Gasteiger partial charge in [-0.05, 0) is 17.7 Å². The molecule has 0 bridgehead atoms. The van der Waals surface area contributed by atoms with Crippen molar-refractivity contribution in [3.05, 3.63) is 72.8 Å². The summed E-state index contributed by atoms with van der Waals surface area (Å²) >= 11 is 0. The molecule has 0 saturated heterocycles. The summed E-state index contributed by atoms with van der Waals surface area (Å²) in [6.45, 7) is 0. The van der Waals surface area contributed by atoms with Gasteiger partial charge in [-0.2, -0.15) is 5.10 Å². The van der Waals surface area contributed by atoms with Crippen molar-refractivity contribution >= 4 is 5.65 Å². The first-order valence-corrected chi connectivity index (χ1v) is 7.36. The van der Waals surface area contributed by atoms with Gasteiger partial charge in [0.15, 0.2) is 5.65 Å². The summed E-state index contributed by atoms with van der Waals surface area (Å²) in [5.41, 5.74) is 3.23. The van der Waals surface area contributed by atoms with Gasteiger partial charge in [0.25, 0.3) is 6.43 Å². The highest BCUT2D eigenvalue weighted by molar-refractivity contribution is 5.70. The van der Waals surface area contributed by atoms with E-state index in [0.29, 0.717) is 16.9 Å². The average Bonchev–Trinajstić information content (AvgIpc) is 3.10. The molecule has 0 aliphatic rings. The molecule has 0 fully saturated rings. The zero-order valence-electron chi connectivity index (χ0n) is 12.5. The number of alkyl halides is 2. The first-order valence-electron chi connectivity index (χ1n) is 7.36. The van der Waals surface area contributed by atoms with Crippen molar-refractivity contribution in [2.45, 2.75) is 6.43 Å². The highest BCUT2D eigenvalue weighted by Gasteiger charge is 2.16. The summed E-state index contributed by atoms with van der Waals surface area (Å²) < 4.78 is 27.8. The lowest BCUT2D eigenvalue weighted by Crippen LogP contribution is -2.02. The number of fused-ring (bicyclic) bond motifs is 1. The summed E-state index contributed by atoms with van der Waals surface area (Å²) in [4.78, 5) is 8.64. The molecule has 0 atom stereocenters. The van der Waals surface area contributed by atoms with Gasteiger partial charge in [0.2, 0.25) is 0 Å². The minimum absolute atomic E-state index is 0.190. The molecule has 4 rings (SSSR count). The van der Waals surface area contributed by atoms with Crippen molar-refractivity contribution < 1.29 is 8.78 Å². The van der Waals surface area contributed by atoms with Crippen LogP contribution in [0.2, 0.25) is 0 Å². The molecule has 3 aromatic heterocycles. The van der Waals surface area contributed by atoms with Crippen LogP contribution in [0.25, 0.3) is 28.0 Å².